The number of aryl methyl sites for hydroxylation is 1. The predicted molar refractivity (Wildman–Crippen MR) is 73.7 cm³/mol. The number of rotatable bonds is 2. The molecular formula is C14H13N5. The molecule has 0 saturated heterocycles. The van der Waals surface area contributed by atoms with Gasteiger partial charge in [0.25, 0.3) is 0 Å². The van der Waals surface area contributed by atoms with Crippen LogP contribution in [0.3, 0.4) is 0 Å². The number of hydrogen-bond acceptors (Lipinski definition) is 4. The van der Waals surface area contributed by atoms with Gasteiger partial charge in [-0.2, -0.15) is 0 Å². The van der Waals surface area contributed by atoms with Crippen molar-refractivity contribution in [1.82, 2.24) is 19.5 Å². The van der Waals surface area contributed by atoms with Crippen LogP contribution >= 0.6 is 0 Å². The summed E-state index contributed by atoms with van der Waals surface area (Å²) in [5, 5.41) is 0. The molecule has 0 spiro atoms. The van der Waals surface area contributed by atoms with Crippen LogP contribution in [0.1, 0.15) is 5.56 Å². The minimum atomic E-state index is 0.545. The fourth-order valence-corrected chi connectivity index (χ4v) is 1.90. The molecule has 5 heteroatoms. The Bertz CT molecular complexity index is 703. The number of aromatic nitrogens is 4. The Morgan fingerprint density at radius 2 is 2.00 bits per heavy atom. The molecule has 0 amide bonds. The topological polar surface area (TPSA) is 69.6 Å². The van der Waals surface area contributed by atoms with Gasteiger partial charge in [-0.25, -0.2) is 9.97 Å². The van der Waals surface area contributed by atoms with E-state index in [-0.39, 0.29) is 0 Å². The van der Waals surface area contributed by atoms with E-state index in [0.29, 0.717) is 5.82 Å². The summed E-state index contributed by atoms with van der Waals surface area (Å²) in [6.45, 7) is 1.93. The summed E-state index contributed by atoms with van der Waals surface area (Å²) in [4.78, 5) is 12.9. The van der Waals surface area contributed by atoms with E-state index in [9.17, 15) is 0 Å². The average molecular weight is 251 g/mol. The maximum Gasteiger partial charge on any atom is 0.163 e. The molecule has 0 fully saturated rings. The lowest BCUT2D eigenvalue weighted by Gasteiger charge is -2.08. The second-order valence-electron chi connectivity index (χ2n) is 4.23. The zero-order chi connectivity index (χ0) is 13.2. The van der Waals surface area contributed by atoms with Crippen molar-refractivity contribution in [3.05, 3.63) is 54.6 Å². The first-order valence-electron chi connectivity index (χ1n) is 5.93. The molecule has 3 heterocycles. The number of nitrogens with two attached hydrogens (primary N) is 1. The molecule has 3 rings (SSSR count). The number of nitrogens with zero attached hydrogens (tertiary/aromatic N) is 4. The van der Waals surface area contributed by atoms with Crippen LogP contribution in [0.25, 0.3) is 17.2 Å². The molecule has 2 N–H and O–H groups in total. The van der Waals surface area contributed by atoms with Gasteiger partial charge in [0.2, 0.25) is 0 Å². The standard InChI is InChI=1S/C14H13N5/c1-10-8-11(9-18-13(10)15)19-7-6-17-14(19)12-4-2-3-5-16-12/h2-9H,1H3,(H2,15,18). The number of pyridine rings is 2. The van der Waals surface area contributed by atoms with Gasteiger partial charge >= 0.3 is 0 Å². The lowest BCUT2D eigenvalue weighted by atomic mass is 10.2. The van der Waals surface area contributed by atoms with Crippen LogP contribution in [0, 0.1) is 6.92 Å². The Balaban J connectivity index is 2.12. The van der Waals surface area contributed by atoms with Crippen molar-refractivity contribution in [1.29, 1.82) is 0 Å². The summed E-state index contributed by atoms with van der Waals surface area (Å²) in [6, 6.07) is 7.73. The van der Waals surface area contributed by atoms with E-state index in [0.717, 1.165) is 22.8 Å². The third kappa shape index (κ3) is 2.06. The van der Waals surface area contributed by atoms with Crippen LogP contribution < -0.4 is 5.73 Å². The zero-order valence-corrected chi connectivity index (χ0v) is 10.5. The van der Waals surface area contributed by atoms with Crippen molar-refractivity contribution in [2.24, 2.45) is 0 Å². The van der Waals surface area contributed by atoms with Crippen LogP contribution in [0.4, 0.5) is 5.82 Å². The first-order valence-corrected chi connectivity index (χ1v) is 5.93. The number of anilines is 1. The van der Waals surface area contributed by atoms with Crippen LogP contribution in [0.5, 0.6) is 0 Å². The van der Waals surface area contributed by atoms with Gasteiger partial charge in [0.15, 0.2) is 5.82 Å². The van der Waals surface area contributed by atoms with Crippen molar-refractivity contribution in [2.75, 3.05) is 5.73 Å². The van der Waals surface area contributed by atoms with E-state index in [1.165, 1.54) is 0 Å². The van der Waals surface area contributed by atoms with Gasteiger partial charge in [-0.15, -0.1) is 0 Å². The van der Waals surface area contributed by atoms with Crippen LogP contribution in [-0.2, 0) is 0 Å². The highest BCUT2D eigenvalue weighted by Gasteiger charge is 2.09. The Hall–Kier alpha value is -2.69. The Morgan fingerprint density at radius 3 is 2.74 bits per heavy atom. The fraction of sp³-hybridized carbons (Fsp3) is 0.0714. The van der Waals surface area contributed by atoms with Crippen molar-refractivity contribution in [3.63, 3.8) is 0 Å². The molecular weight excluding hydrogens is 238 g/mol. The molecule has 0 atom stereocenters. The molecule has 0 aliphatic heterocycles. The molecule has 0 radical (unpaired) electrons. The molecule has 0 unspecified atom stereocenters. The van der Waals surface area contributed by atoms with Crippen molar-refractivity contribution >= 4 is 5.82 Å². The maximum absolute atomic E-state index is 5.74. The molecule has 19 heavy (non-hydrogen) atoms. The SMILES string of the molecule is Cc1cc(-n2ccnc2-c2ccccn2)cnc1N. The van der Waals surface area contributed by atoms with E-state index >= 15 is 0 Å². The van der Waals surface area contributed by atoms with E-state index < -0.39 is 0 Å². The molecule has 5 nitrogen and oxygen atoms in total. The highest BCUT2D eigenvalue weighted by atomic mass is 15.1. The fourth-order valence-electron chi connectivity index (χ4n) is 1.90. The third-order valence-corrected chi connectivity index (χ3v) is 2.92. The lowest BCUT2D eigenvalue weighted by Crippen LogP contribution is -2.01. The van der Waals surface area contributed by atoms with Gasteiger partial charge in [-0.1, -0.05) is 6.07 Å². The van der Waals surface area contributed by atoms with Gasteiger partial charge in [0.1, 0.15) is 11.5 Å². The summed E-state index contributed by atoms with van der Waals surface area (Å²) in [5.74, 6) is 1.33. The predicted octanol–water partition coefficient (Wildman–Crippen LogP) is 2.22. The second-order valence-corrected chi connectivity index (χ2v) is 4.23. The molecule has 0 aliphatic rings. The van der Waals surface area contributed by atoms with Crippen LogP contribution in [-0.4, -0.2) is 19.5 Å². The largest absolute Gasteiger partial charge is 0.383 e. The highest BCUT2D eigenvalue weighted by Crippen LogP contribution is 2.20. The summed E-state index contributed by atoms with van der Waals surface area (Å²) in [5.41, 5.74) is 8.43. The van der Waals surface area contributed by atoms with Crippen LogP contribution in [0.2, 0.25) is 0 Å². The minimum Gasteiger partial charge on any atom is -0.383 e. The molecule has 0 aromatic carbocycles. The smallest absolute Gasteiger partial charge is 0.163 e. The first kappa shape index (κ1) is 11.4. The van der Waals surface area contributed by atoms with E-state index in [1.807, 2.05) is 42.0 Å². The number of nitrogen functional groups attached to an aromatic ring is 1. The van der Waals surface area contributed by atoms with E-state index in [4.69, 9.17) is 5.73 Å². The normalized spacial score (nSPS) is 10.6. The second kappa shape index (κ2) is 4.53. The van der Waals surface area contributed by atoms with E-state index in [1.54, 1.807) is 18.6 Å². The molecule has 3 aromatic rings. The molecule has 94 valence electrons. The summed E-state index contributed by atoms with van der Waals surface area (Å²) < 4.78 is 1.95. The Labute approximate surface area is 110 Å². The van der Waals surface area contributed by atoms with Crippen molar-refractivity contribution in [2.45, 2.75) is 6.92 Å². The van der Waals surface area contributed by atoms with E-state index in [2.05, 4.69) is 15.0 Å². The van der Waals surface area contributed by atoms with Gasteiger partial charge in [0.05, 0.1) is 11.9 Å². The lowest BCUT2D eigenvalue weighted by molar-refractivity contribution is 1.03. The monoisotopic (exact) mass is 251 g/mol. The molecule has 0 saturated carbocycles. The van der Waals surface area contributed by atoms with Gasteiger partial charge in [-0.05, 0) is 30.7 Å². The maximum atomic E-state index is 5.74. The number of imidazole rings is 1. The number of hydrogen-bond donors (Lipinski definition) is 1. The third-order valence-electron chi connectivity index (χ3n) is 2.92. The highest BCUT2D eigenvalue weighted by molar-refractivity contribution is 5.55. The zero-order valence-electron chi connectivity index (χ0n) is 10.5. The molecule has 0 aliphatic carbocycles. The first-order chi connectivity index (χ1) is 9.25. The van der Waals surface area contributed by atoms with Crippen molar-refractivity contribution < 1.29 is 0 Å². The van der Waals surface area contributed by atoms with Gasteiger partial charge < -0.3 is 5.73 Å². The quantitative estimate of drug-likeness (QED) is 0.758. The Kier molecular flexibility index (Phi) is 2.72. The van der Waals surface area contributed by atoms with Crippen LogP contribution in [0.15, 0.2) is 49.1 Å². The summed E-state index contributed by atoms with van der Waals surface area (Å²) in [7, 11) is 0. The van der Waals surface area contributed by atoms with Gasteiger partial charge in [0, 0.05) is 18.6 Å². The van der Waals surface area contributed by atoms with Gasteiger partial charge in [-0.3, -0.25) is 9.55 Å². The minimum absolute atomic E-state index is 0.545. The summed E-state index contributed by atoms with van der Waals surface area (Å²) >= 11 is 0. The summed E-state index contributed by atoms with van der Waals surface area (Å²) in [6.07, 6.45) is 7.11. The average Bonchev–Trinajstić information content (AvgIpc) is 2.92. The molecule has 0 bridgehead atoms. The van der Waals surface area contributed by atoms with Crippen molar-refractivity contribution in [3.8, 4) is 17.2 Å². The Morgan fingerprint density at radius 1 is 1.11 bits per heavy atom. The molecule has 3 aromatic heterocycles.